The lowest BCUT2D eigenvalue weighted by Crippen LogP contribution is -2.33. The highest BCUT2D eigenvalue weighted by Gasteiger charge is 2.33. The maximum Gasteiger partial charge on any atom is 0.261 e. The highest BCUT2D eigenvalue weighted by atomic mass is 35.7. The van der Waals surface area contributed by atoms with E-state index in [-0.39, 0.29) is 22.4 Å². The van der Waals surface area contributed by atoms with Crippen LogP contribution in [-0.2, 0) is 9.05 Å². The van der Waals surface area contributed by atoms with Gasteiger partial charge in [0, 0.05) is 23.3 Å². The molecule has 5 nitrogen and oxygen atoms in total. The van der Waals surface area contributed by atoms with Gasteiger partial charge in [-0.3, -0.25) is 4.79 Å². The molecular formula is C13H16ClNO4S. The van der Waals surface area contributed by atoms with E-state index in [1.165, 1.54) is 25.3 Å². The van der Waals surface area contributed by atoms with Gasteiger partial charge in [0.05, 0.1) is 17.6 Å². The van der Waals surface area contributed by atoms with Gasteiger partial charge in [0.2, 0.25) is 0 Å². The Kier molecular flexibility index (Phi) is 4.25. The second-order valence-electron chi connectivity index (χ2n) is 4.62. The molecule has 1 aromatic carbocycles. The molecule has 2 rings (SSSR count). The second kappa shape index (κ2) is 5.61. The Hall–Kier alpha value is -1.27. The minimum absolute atomic E-state index is 0.102. The van der Waals surface area contributed by atoms with Crippen LogP contribution in [0.3, 0.4) is 0 Å². The fraction of sp³-hybridized carbons (Fsp3) is 0.462. The van der Waals surface area contributed by atoms with E-state index < -0.39 is 9.05 Å². The zero-order valence-corrected chi connectivity index (χ0v) is 12.9. The molecule has 0 aliphatic heterocycles. The first-order valence-corrected chi connectivity index (χ1v) is 8.63. The van der Waals surface area contributed by atoms with Gasteiger partial charge in [0.25, 0.3) is 15.0 Å². The molecule has 0 aromatic heterocycles. The largest absolute Gasteiger partial charge is 0.496 e. The summed E-state index contributed by atoms with van der Waals surface area (Å²) in [5.74, 6) is 0.118. The molecule has 0 heterocycles. The summed E-state index contributed by atoms with van der Waals surface area (Å²) in [6.45, 7) is 2.47. The molecule has 0 saturated heterocycles. The van der Waals surface area contributed by atoms with Crippen LogP contribution < -0.4 is 4.74 Å². The summed E-state index contributed by atoms with van der Waals surface area (Å²) >= 11 is 0. The van der Waals surface area contributed by atoms with E-state index in [2.05, 4.69) is 0 Å². The number of halogens is 1. The van der Waals surface area contributed by atoms with Crippen molar-refractivity contribution in [2.45, 2.75) is 30.7 Å². The molecule has 7 heteroatoms. The van der Waals surface area contributed by atoms with Crippen LogP contribution in [0.2, 0.25) is 0 Å². The van der Waals surface area contributed by atoms with Crippen molar-refractivity contribution >= 4 is 25.6 Å². The van der Waals surface area contributed by atoms with Crippen LogP contribution in [-0.4, -0.2) is 38.9 Å². The molecule has 110 valence electrons. The van der Waals surface area contributed by atoms with Crippen molar-refractivity contribution < 1.29 is 17.9 Å². The monoisotopic (exact) mass is 317 g/mol. The summed E-state index contributed by atoms with van der Waals surface area (Å²) < 4.78 is 27.9. The average molecular weight is 318 g/mol. The van der Waals surface area contributed by atoms with Crippen molar-refractivity contribution in [1.82, 2.24) is 4.90 Å². The van der Waals surface area contributed by atoms with Crippen LogP contribution in [0.1, 0.15) is 30.1 Å². The van der Waals surface area contributed by atoms with E-state index >= 15 is 0 Å². The molecule has 0 bridgehead atoms. The number of methoxy groups -OCH3 is 1. The SMILES string of the molecule is CCN(C(=O)c1cc(S(=O)(=O)Cl)ccc1OC)C1CC1. The van der Waals surface area contributed by atoms with Crippen molar-refractivity contribution in [1.29, 1.82) is 0 Å². The summed E-state index contributed by atoms with van der Waals surface area (Å²) in [5, 5.41) is 0. The molecule has 0 radical (unpaired) electrons. The lowest BCUT2D eigenvalue weighted by Gasteiger charge is -2.21. The quantitative estimate of drug-likeness (QED) is 0.781. The predicted molar refractivity (Wildman–Crippen MR) is 75.8 cm³/mol. The minimum atomic E-state index is -3.87. The summed E-state index contributed by atoms with van der Waals surface area (Å²) in [6, 6.07) is 4.29. The molecule has 0 N–H and O–H groups in total. The first kappa shape index (κ1) is 15.1. The number of rotatable bonds is 5. The Balaban J connectivity index is 2.44. The third-order valence-corrected chi connectivity index (χ3v) is 4.62. The van der Waals surface area contributed by atoms with Crippen molar-refractivity contribution in [2.75, 3.05) is 13.7 Å². The molecule has 0 spiro atoms. The van der Waals surface area contributed by atoms with E-state index in [0.717, 1.165) is 12.8 Å². The van der Waals surface area contributed by atoms with Crippen LogP contribution >= 0.6 is 10.7 Å². The molecule has 20 heavy (non-hydrogen) atoms. The van der Waals surface area contributed by atoms with Gasteiger partial charge in [-0.05, 0) is 38.0 Å². The lowest BCUT2D eigenvalue weighted by molar-refractivity contribution is 0.0749. The Labute approximate surface area is 122 Å². The van der Waals surface area contributed by atoms with E-state index in [9.17, 15) is 13.2 Å². The average Bonchev–Trinajstić information content (AvgIpc) is 3.22. The highest BCUT2D eigenvalue weighted by molar-refractivity contribution is 8.13. The summed E-state index contributed by atoms with van der Waals surface area (Å²) in [7, 11) is 2.89. The van der Waals surface area contributed by atoms with Crippen LogP contribution in [0.5, 0.6) is 5.75 Å². The molecule has 1 aliphatic carbocycles. The Bertz CT molecular complexity index is 625. The number of benzene rings is 1. The fourth-order valence-corrected chi connectivity index (χ4v) is 2.89. The lowest BCUT2D eigenvalue weighted by atomic mass is 10.1. The highest BCUT2D eigenvalue weighted by Crippen LogP contribution is 2.31. The number of hydrogen-bond acceptors (Lipinski definition) is 4. The maximum absolute atomic E-state index is 12.5. The first-order valence-electron chi connectivity index (χ1n) is 6.32. The van der Waals surface area contributed by atoms with Gasteiger partial charge in [0.1, 0.15) is 5.75 Å². The van der Waals surface area contributed by atoms with Gasteiger partial charge >= 0.3 is 0 Å². The smallest absolute Gasteiger partial charge is 0.261 e. The van der Waals surface area contributed by atoms with Crippen LogP contribution in [0.25, 0.3) is 0 Å². The van der Waals surface area contributed by atoms with Crippen molar-refractivity contribution in [2.24, 2.45) is 0 Å². The third kappa shape index (κ3) is 3.07. The van der Waals surface area contributed by atoms with Gasteiger partial charge in [-0.2, -0.15) is 0 Å². The molecule has 1 aliphatic rings. The normalized spacial score (nSPS) is 14.9. The van der Waals surface area contributed by atoms with E-state index in [1.807, 2.05) is 6.92 Å². The third-order valence-electron chi connectivity index (χ3n) is 3.27. The summed E-state index contributed by atoms with van der Waals surface area (Å²) in [6.07, 6.45) is 1.96. The van der Waals surface area contributed by atoms with Crippen LogP contribution in [0.15, 0.2) is 23.1 Å². The molecule has 1 saturated carbocycles. The maximum atomic E-state index is 12.5. The topological polar surface area (TPSA) is 63.7 Å². The standard InChI is InChI=1S/C13H16ClNO4S/c1-3-15(9-4-5-9)13(16)11-8-10(20(14,17)18)6-7-12(11)19-2/h6-9H,3-5H2,1-2H3. The molecule has 0 atom stereocenters. The molecular weight excluding hydrogens is 302 g/mol. The molecule has 0 unspecified atom stereocenters. The first-order chi connectivity index (χ1) is 9.38. The predicted octanol–water partition coefficient (Wildman–Crippen LogP) is 2.25. The summed E-state index contributed by atoms with van der Waals surface area (Å²) in [4.78, 5) is 14.1. The molecule has 1 aromatic rings. The minimum Gasteiger partial charge on any atom is -0.496 e. The Morgan fingerprint density at radius 2 is 2.10 bits per heavy atom. The zero-order valence-electron chi connectivity index (χ0n) is 11.3. The van der Waals surface area contributed by atoms with Gasteiger partial charge < -0.3 is 9.64 Å². The van der Waals surface area contributed by atoms with Gasteiger partial charge in [-0.25, -0.2) is 8.42 Å². The fourth-order valence-electron chi connectivity index (χ4n) is 2.11. The zero-order chi connectivity index (χ0) is 14.9. The van der Waals surface area contributed by atoms with E-state index in [1.54, 1.807) is 4.90 Å². The van der Waals surface area contributed by atoms with Crippen molar-refractivity contribution in [3.05, 3.63) is 23.8 Å². The number of carbonyl (C=O) groups excluding carboxylic acids is 1. The molecule has 1 fully saturated rings. The Morgan fingerprint density at radius 1 is 1.45 bits per heavy atom. The second-order valence-corrected chi connectivity index (χ2v) is 7.19. The van der Waals surface area contributed by atoms with Crippen LogP contribution in [0, 0.1) is 0 Å². The van der Waals surface area contributed by atoms with Gasteiger partial charge in [0.15, 0.2) is 0 Å². The van der Waals surface area contributed by atoms with Crippen LogP contribution in [0.4, 0.5) is 0 Å². The number of amides is 1. The van der Waals surface area contributed by atoms with Gasteiger partial charge in [-0.1, -0.05) is 0 Å². The number of ether oxygens (including phenoxy) is 1. The van der Waals surface area contributed by atoms with E-state index in [0.29, 0.717) is 12.3 Å². The van der Waals surface area contributed by atoms with Crippen molar-refractivity contribution in [3.8, 4) is 5.75 Å². The number of carbonyl (C=O) groups is 1. The van der Waals surface area contributed by atoms with Gasteiger partial charge in [-0.15, -0.1) is 0 Å². The number of nitrogens with zero attached hydrogens (tertiary/aromatic N) is 1. The van der Waals surface area contributed by atoms with E-state index in [4.69, 9.17) is 15.4 Å². The van der Waals surface area contributed by atoms with Crippen molar-refractivity contribution in [3.63, 3.8) is 0 Å². The number of hydrogen-bond donors (Lipinski definition) is 0. The molecule has 1 amide bonds. The summed E-state index contributed by atoms with van der Waals surface area (Å²) in [5.41, 5.74) is 0.225. The Morgan fingerprint density at radius 3 is 2.55 bits per heavy atom.